The number of nitrogens with one attached hydrogen (secondary N) is 1. The van der Waals surface area contributed by atoms with Crippen LogP contribution in [0.25, 0.3) is 0 Å². The van der Waals surface area contributed by atoms with Crippen molar-refractivity contribution in [1.82, 2.24) is 0 Å². The molecule has 1 unspecified atom stereocenters. The smallest absolute Gasteiger partial charge is 0.168 e. The predicted octanol–water partition coefficient (Wildman–Crippen LogP) is 5.80. The highest BCUT2D eigenvalue weighted by Gasteiger charge is 2.49. The zero-order chi connectivity index (χ0) is 16.9. The van der Waals surface area contributed by atoms with Crippen molar-refractivity contribution >= 4 is 39.0 Å². The highest BCUT2D eigenvalue weighted by Crippen LogP contribution is 2.49. The van der Waals surface area contributed by atoms with Crippen LogP contribution in [0.3, 0.4) is 0 Å². The summed E-state index contributed by atoms with van der Waals surface area (Å²) in [6.07, 6.45) is 2.78. The van der Waals surface area contributed by atoms with Crippen LogP contribution in [-0.2, 0) is 10.2 Å². The molecule has 0 aromatic heterocycles. The summed E-state index contributed by atoms with van der Waals surface area (Å²) >= 11 is 10.1. The topological polar surface area (TPSA) is 29.1 Å². The number of hydrogen-bond donors (Lipinski definition) is 1. The number of anilines is 1. The summed E-state index contributed by atoms with van der Waals surface area (Å²) in [7, 11) is 0. The second-order valence-electron chi connectivity index (χ2n) is 7.14. The molecule has 0 radical (unpaired) electrons. The summed E-state index contributed by atoms with van der Waals surface area (Å²) in [5.41, 5.74) is 2.95. The van der Waals surface area contributed by atoms with Crippen molar-refractivity contribution in [2.24, 2.45) is 0 Å². The number of halogens is 2. The quantitative estimate of drug-likeness (QED) is 0.653. The summed E-state index contributed by atoms with van der Waals surface area (Å²) in [5.74, 6) is 0.171. The molecule has 0 aliphatic carbocycles. The molecule has 2 rings (SSSR count). The lowest BCUT2D eigenvalue weighted by atomic mass is 9.66. The van der Waals surface area contributed by atoms with Crippen molar-refractivity contribution in [1.29, 1.82) is 0 Å². The first-order chi connectivity index (χ1) is 10.0. The van der Waals surface area contributed by atoms with Crippen LogP contribution >= 0.6 is 27.5 Å². The molecule has 1 aliphatic heterocycles. The van der Waals surface area contributed by atoms with Crippen LogP contribution < -0.4 is 5.32 Å². The number of benzene rings is 1. The largest absolute Gasteiger partial charge is 0.373 e. The van der Waals surface area contributed by atoms with E-state index in [0.29, 0.717) is 11.4 Å². The zero-order valence-corrected chi connectivity index (χ0v) is 16.4. The molecule has 1 heterocycles. The van der Waals surface area contributed by atoms with E-state index in [1.807, 2.05) is 33.8 Å². The minimum absolute atomic E-state index is 0.171. The third-order valence-corrected chi connectivity index (χ3v) is 5.64. The fourth-order valence-corrected chi connectivity index (χ4v) is 4.11. The van der Waals surface area contributed by atoms with Crippen molar-refractivity contribution in [2.45, 2.75) is 58.9 Å². The summed E-state index contributed by atoms with van der Waals surface area (Å²) in [6.45, 7) is 12.0. The van der Waals surface area contributed by atoms with Crippen molar-refractivity contribution in [3.63, 3.8) is 0 Å². The van der Waals surface area contributed by atoms with Crippen molar-refractivity contribution < 1.29 is 4.79 Å². The Kier molecular flexibility index (Phi) is 4.53. The standard InChI is InChI=1S/C18H23BrClNO/c1-10(2)7-8-18(6)13-14(20)12(19)9-11(3)15(13)21-17(4,5)16(18)22/h7,9,21H,8H2,1-6H3. The summed E-state index contributed by atoms with van der Waals surface area (Å²) in [4.78, 5) is 13.2. The Morgan fingerprint density at radius 3 is 2.50 bits per heavy atom. The van der Waals surface area contributed by atoms with Gasteiger partial charge in [0, 0.05) is 15.7 Å². The van der Waals surface area contributed by atoms with Gasteiger partial charge in [-0.15, -0.1) is 0 Å². The monoisotopic (exact) mass is 383 g/mol. The van der Waals surface area contributed by atoms with E-state index >= 15 is 0 Å². The van der Waals surface area contributed by atoms with Crippen molar-refractivity contribution in [3.8, 4) is 0 Å². The molecule has 1 aromatic rings. The van der Waals surface area contributed by atoms with Gasteiger partial charge in [-0.3, -0.25) is 4.79 Å². The summed E-state index contributed by atoms with van der Waals surface area (Å²) in [5, 5.41) is 4.02. The molecule has 120 valence electrons. The first kappa shape index (κ1) is 17.6. The van der Waals surface area contributed by atoms with Gasteiger partial charge in [-0.05, 0) is 75.5 Å². The first-order valence-electron chi connectivity index (χ1n) is 7.46. The van der Waals surface area contributed by atoms with Gasteiger partial charge in [-0.2, -0.15) is 0 Å². The van der Waals surface area contributed by atoms with Gasteiger partial charge in [0.1, 0.15) is 0 Å². The highest BCUT2D eigenvalue weighted by molar-refractivity contribution is 9.10. The molecule has 0 amide bonds. The lowest BCUT2D eigenvalue weighted by molar-refractivity contribution is -0.128. The van der Waals surface area contributed by atoms with Gasteiger partial charge in [0.2, 0.25) is 0 Å². The third kappa shape index (κ3) is 2.74. The maximum absolute atomic E-state index is 13.2. The Hall–Kier alpha value is -0.800. The third-order valence-electron chi connectivity index (χ3n) is 4.39. The van der Waals surface area contributed by atoms with Gasteiger partial charge in [-0.25, -0.2) is 0 Å². The van der Waals surface area contributed by atoms with Crippen LogP contribution in [0.4, 0.5) is 5.69 Å². The van der Waals surface area contributed by atoms with Crippen molar-refractivity contribution in [3.05, 3.63) is 38.3 Å². The molecule has 4 heteroatoms. The molecular formula is C18H23BrClNO. The number of hydrogen-bond acceptors (Lipinski definition) is 2. The Morgan fingerprint density at radius 2 is 1.95 bits per heavy atom. The lowest BCUT2D eigenvalue weighted by Gasteiger charge is -2.44. The maximum atomic E-state index is 13.2. The van der Waals surface area contributed by atoms with Gasteiger partial charge in [0.25, 0.3) is 0 Å². The second kappa shape index (κ2) is 5.68. The molecule has 0 saturated carbocycles. The number of aryl methyl sites for hydroxylation is 1. The van der Waals surface area contributed by atoms with E-state index in [0.717, 1.165) is 21.3 Å². The van der Waals surface area contributed by atoms with Crippen LogP contribution in [0.2, 0.25) is 5.02 Å². The average molecular weight is 385 g/mol. The van der Waals surface area contributed by atoms with E-state index < -0.39 is 11.0 Å². The Morgan fingerprint density at radius 1 is 1.36 bits per heavy atom. The number of carbonyl (C=O) groups is 1. The van der Waals surface area contributed by atoms with E-state index in [-0.39, 0.29) is 5.78 Å². The second-order valence-corrected chi connectivity index (χ2v) is 8.37. The van der Waals surface area contributed by atoms with Crippen LogP contribution in [0.1, 0.15) is 52.2 Å². The summed E-state index contributed by atoms with van der Waals surface area (Å²) < 4.78 is 0.836. The lowest BCUT2D eigenvalue weighted by Crippen LogP contribution is -2.55. The van der Waals surface area contributed by atoms with Crippen LogP contribution in [0, 0.1) is 6.92 Å². The first-order valence-corrected chi connectivity index (χ1v) is 8.63. The average Bonchev–Trinajstić information content (AvgIpc) is 2.40. The minimum Gasteiger partial charge on any atom is -0.373 e. The molecule has 22 heavy (non-hydrogen) atoms. The Labute approximate surface area is 146 Å². The Balaban J connectivity index is 2.79. The fraction of sp³-hybridized carbons (Fsp3) is 0.500. The minimum atomic E-state index is -0.632. The molecule has 0 spiro atoms. The molecule has 1 N–H and O–H groups in total. The number of allylic oxidation sites excluding steroid dienone is 2. The molecule has 1 aromatic carbocycles. The molecule has 0 saturated heterocycles. The van der Waals surface area contributed by atoms with E-state index in [4.69, 9.17) is 11.6 Å². The van der Waals surface area contributed by atoms with E-state index in [2.05, 4.69) is 41.2 Å². The van der Waals surface area contributed by atoms with Gasteiger partial charge in [0.15, 0.2) is 5.78 Å². The molecule has 1 aliphatic rings. The molecular weight excluding hydrogens is 362 g/mol. The molecule has 1 atom stereocenters. The van der Waals surface area contributed by atoms with E-state index in [9.17, 15) is 4.79 Å². The summed E-state index contributed by atoms with van der Waals surface area (Å²) in [6, 6.07) is 2.00. The van der Waals surface area contributed by atoms with Gasteiger partial charge < -0.3 is 5.32 Å². The zero-order valence-electron chi connectivity index (χ0n) is 14.0. The van der Waals surface area contributed by atoms with Crippen LogP contribution in [-0.4, -0.2) is 11.3 Å². The fourth-order valence-electron chi connectivity index (χ4n) is 3.21. The van der Waals surface area contributed by atoms with Gasteiger partial charge in [-0.1, -0.05) is 23.3 Å². The number of fused-ring (bicyclic) bond motifs is 1. The Bertz CT molecular complexity index is 674. The number of ketones is 1. The number of rotatable bonds is 2. The van der Waals surface area contributed by atoms with Gasteiger partial charge >= 0.3 is 0 Å². The normalized spacial score (nSPS) is 22.8. The SMILES string of the molecule is CC(C)=CCC1(C)C(=O)C(C)(C)Nc2c(C)cc(Br)c(Cl)c21. The van der Waals surface area contributed by atoms with E-state index in [1.165, 1.54) is 5.57 Å². The number of Topliss-reactive ketones (excluding diaryl/α,β-unsaturated/α-hetero) is 1. The molecule has 0 fully saturated rings. The van der Waals surface area contributed by atoms with Crippen LogP contribution in [0.15, 0.2) is 22.2 Å². The van der Waals surface area contributed by atoms with Crippen LogP contribution in [0.5, 0.6) is 0 Å². The van der Waals surface area contributed by atoms with Crippen molar-refractivity contribution in [2.75, 3.05) is 5.32 Å². The number of carbonyl (C=O) groups excluding carboxylic acids is 1. The van der Waals surface area contributed by atoms with E-state index in [1.54, 1.807) is 0 Å². The maximum Gasteiger partial charge on any atom is 0.168 e. The highest BCUT2D eigenvalue weighted by atomic mass is 79.9. The van der Waals surface area contributed by atoms with Gasteiger partial charge in [0.05, 0.1) is 16.0 Å². The molecule has 0 bridgehead atoms. The predicted molar refractivity (Wildman–Crippen MR) is 98.0 cm³/mol. The molecule has 2 nitrogen and oxygen atoms in total.